The Morgan fingerprint density at radius 2 is 1.29 bits per heavy atom. The molecule has 6 aromatic rings. The first-order chi connectivity index (χ1) is 30.1. The number of aromatic nitrogens is 5. The highest BCUT2D eigenvalue weighted by molar-refractivity contribution is 7.80. The van der Waals surface area contributed by atoms with Gasteiger partial charge < -0.3 is 0 Å². The average molecular weight is 822 g/mol. The van der Waals surface area contributed by atoms with Gasteiger partial charge >= 0.3 is 0 Å². The first kappa shape index (κ1) is 39.4. The fourth-order valence-electron chi connectivity index (χ4n) is 9.40. The first-order valence-electron chi connectivity index (χ1n) is 21.5. The fraction of sp³-hybridized carbons (Fsp3) is 0.179. The Morgan fingerprint density at radius 1 is 0.645 bits per heavy atom. The van der Waals surface area contributed by atoms with Crippen molar-refractivity contribution in [3.8, 4) is 34.2 Å². The zero-order valence-corrected chi connectivity index (χ0v) is 36.4. The quantitative estimate of drug-likeness (QED) is 0.122. The highest BCUT2D eigenvalue weighted by Crippen LogP contribution is 2.51. The van der Waals surface area contributed by atoms with Crippen LogP contribution in [0, 0.1) is 5.92 Å². The Balaban J connectivity index is 1.04. The zero-order valence-electron chi connectivity index (χ0n) is 35.5. The molecule has 0 amide bonds. The van der Waals surface area contributed by atoms with E-state index in [1.54, 1.807) is 0 Å². The van der Waals surface area contributed by atoms with Crippen LogP contribution in [0.3, 0.4) is 0 Å². The molecule has 302 valence electrons. The molecule has 0 saturated carbocycles. The molecule has 1 atom stereocenters. The second kappa shape index (κ2) is 16.0. The highest BCUT2D eigenvalue weighted by Gasteiger charge is 2.38. The maximum atomic E-state index is 5.28. The van der Waals surface area contributed by atoms with E-state index in [0.717, 1.165) is 69.2 Å². The number of rotatable bonds is 8. The maximum absolute atomic E-state index is 5.28. The van der Waals surface area contributed by atoms with Gasteiger partial charge in [-0.3, -0.25) is 0 Å². The Labute approximate surface area is 370 Å². The van der Waals surface area contributed by atoms with Crippen LogP contribution in [0.15, 0.2) is 180 Å². The van der Waals surface area contributed by atoms with Crippen LogP contribution in [-0.4, -0.2) is 24.9 Å². The van der Waals surface area contributed by atoms with Crippen LogP contribution in [0.2, 0.25) is 0 Å². The summed E-state index contributed by atoms with van der Waals surface area (Å²) in [7, 11) is 0. The molecule has 0 spiro atoms. The predicted octanol–water partition coefficient (Wildman–Crippen LogP) is 13.5. The Morgan fingerprint density at radius 3 is 2.02 bits per heavy atom. The maximum Gasteiger partial charge on any atom is 0.164 e. The van der Waals surface area contributed by atoms with Gasteiger partial charge in [0.1, 0.15) is 0 Å². The zero-order chi connectivity index (χ0) is 42.4. The molecular formula is C56H47N5S. The van der Waals surface area contributed by atoms with Crippen LogP contribution in [0.5, 0.6) is 0 Å². The van der Waals surface area contributed by atoms with Crippen molar-refractivity contribution >= 4 is 34.9 Å². The second-order valence-corrected chi connectivity index (χ2v) is 18.0. The lowest BCUT2D eigenvalue weighted by atomic mass is 9.69. The highest BCUT2D eigenvalue weighted by atomic mass is 32.1. The van der Waals surface area contributed by atoms with E-state index in [1.165, 1.54) is 33.4 Å². The molecule has 4 aliphatic rings. The molecule has 6 heteroatoms. The minimum atomic E-state index is -0.191. The van der Waals surface area contributed by atoms with Gasteiger partial charge in [0.15, 0.2) is 23.3 Å². The van der Waals surface area contributed by atoms with E-state index in [4.69, 9.17) is 37.5 Å². The average Bonchev–Trinajstić information content (AvgIpc) is 3.44. The van der Waals surface area contributed by atoms with Gasteiger partial charge in [0.05, 0.1) is 11.4 Å². The summed E-state index contributed by atoms with van der Waals surface area (Å²) in [6.07, 6.45) is 21.9. The molecule has 2 aromatic heterocycles. The van der Waals surface area contributed by atoms with Gasteiger partial charge in [-0.05, 0) is 99.4 Å². The molecule has 5 nitrogen and oxygen atoms in total. The van der Waals surface area contributed by atoms with Crippen molar-refractivity contribution < 1.29 is 0 Å². The van der Waals surface area contributed by atoms with Crippen LogP contribution in [0.1, 0.15) is 80.9 Å². The smallest absolute Gasteiger partial charge is 0.164 e. The van der Waals surface area contributed by atoms with Gasteiger partial charge in [0.2, 0.25) is 0 Å². The molecule has 0 saturated heterocycles. The third kappa shape index (κ3) is 7.19. The van der Waals surface area contributed by atoms with Crippen molar-refractivity contribution in [2.24, 2.45) is 5.92 Å². The first-order valence-corrected chi connectivity index (χ1v) is 21.9. The van der Waals surface area contributed by atoms with Gasteiger partial charge in [-0.15, -0.1) is 18.4 Å². The number of thiol groups is 1. The van der Waals surface area contributed by atoms with Gasteiger partial charge in [0.25, 0.3) is 0 Å². The summed E-state index contributed by atoms with van der Waals surface area (Å²) in [6.45, 7) is 9.21. The number of nitrogens with zero attached hydrogens (tertiary/aromatic N) is 5. The van der Waals surface area contributed by atoms with Crippen LogP contribution < -0.4 is 0 Å². The number of benzene rings is 4. The normalized spacial score (nSPS) is 17.6. The predicted molar refractivity (Wildman–Crippen MR) is 257 cm³/mol. The Bertz CT molecular complexity index is 3030. The van der Waals surface area contributed by atoms with E-state index >= 15 is 0 Å². The standard InChI is InChI=1S/C56H47N5S/c1-55(2,45-27-14-15-29-49(45)62)41-23-16-22-40(34-41)48-35-47(57-51(58-48)37-18-8-5-9-19-37)36-30-32-39(33-31-36)53-59-52(38-20-10-6-11-21-38)60-54(61-53)43-25-17-28-46-50(43)42-24-12-7-13-26-44(42)56(46,3)4/h5-12,14-30,32,35,41,62H,31,33-34H2,1-4H3. The fourth-order valence-corrected chi connectivity index (χ4v) is 9.85. The largest absolute Gasteiger partial charge is 0.228 e. The molecular weight excluding hydrogens is 775 g/mol. The van der Waals surface area contributed by atoms with E-state index in [9.17, 15) is 0 Å². The molecule has 4 aliphatic carbocycles. The summed E-state index contributed by atoms with van der Waals surface area (Å²) in [6, 6.07) is 37.7. The van der Waals surface area contributed by atoms with E-state index in [0.29, 0.717) is 17.5 Å². The monoisotopic (exact) mass is 821 g/mol. The van der Waals surface area contributed by atoms with Gasteiger partial charge in [-0.1, -0.05) is 167 Å². The van der Waals surface area contributed by atoms with E-state index in [-0.39, 0.29) is 16.7 Å². The number of allylic oxidation sites excluding steroid dienone is 13. The third-order valence-electron chi connectivity index (χ3n) is 13.0. The van der Waals surface area contributed by atoms with E-state index in [1.807, 2.05) is 48.5 Å². The molecule has 0 radical (unpaired) electrons. The van der Waals surface area contributed by atoms with E-state index in [2.05, 4.69) is 149 Å². The summed E-state index contributed by atoms with van der Waals surface area (Å²) in [5.41, 5.74) is 17.4. The summed E-state index contributed by atoms with van der Waals surface area (Å²) in [5, 5.41) is 0. The summed E-state index contributed by atoms with van der Waals surface area (Å²) >= 11 is 4.85. The van der Waals surface area contributed by atoms with Crippen molar-refractivity contribution in [3.63, 3.8) is 0 Å². The van der Waals surface area contributed by atoms with E-state index < -0.39 is 0 Å². The molecule has 2 heterocycles. The van der Waals surface area contributed by atoms with Crippen LogP contribution in [0.25, 0.3) is 56.5 Å². The minimum absolute atomic E-state index is 0.132. The van der Waals surface area contributed by atoms with Crippen molar-refractivity contribution in [1.82, 2.24) is 24.9 Å². The van der Waals surface area contributed by atoms with Gasteiger partial charge in [-0.25, -0.2) is 24.9 Å². The molecule has 0 N–H and O–H groups in total. The molecule has 62 heavy (non-hydrogen) atoms. The van der Waals surface area contributed by atoms with Gasteiger partial charge in [-0.2, -0.15) is 0 Å². The number of hydrogen-bond donors (Lipinski definition) is 1. The molecule has 0 aliphatic heterocycles. The third-order valence-corrected chi connectivity index (χ3v) is 13.4. The van der Waals surface area contributed by atoms with Crippen molar-refractivity contribution in [2.75, 3.05) is 0 Å². The van der Waals surface area contributed by atoms with Crippen LogP contribution >= 0.6 is 12.6 Å². The minimum Gasteiger partial charge on any atom is -0.228 e. The van der Waals surface area contributed by atoms with Crippen molar-refractivity contribution in [1.29, 1.82) is 0 Å². The summed E-state index contributed by atoms with van der Waals surface area (Å²) in [5.74, 6) is 3.00. The molecule has 1 unspecified atom stereocenters. The number of fused-ring (bicyclic) bond motifs is 2. The Kier molecular flexibility index (Phi) is 10.1. The topological polar surface area (TPSA) is 64.5 Å². The molecule has 0 fully saturated rings. The lowest BCUT2D eigenvalue weighted by Crippen LogP contribution is -2.29. The number of hydrogen-bond acceptors (Lipinski definition) is 6. The SMILES string of the molecule is CC1(C)C2=C(C=CC=C=C2)c2c(-c3nc(C4=CC=C(c5cc(C6=CC=CC(C(C)(C)c7ccccc7S)C6)nc(-c6ccccc6)n5)CC4)nc(-c4ccccc4)n3)cccc21. The van der Waals surface area contributed by atoms with Crippen LogP contribution in [-0.2, 0) is 10.8 Å². The van der Waals surface area contributed by atoms with Gasteiger partial charge in [0, 0.05) is 27.0 Å². The van der Waals surface area contributed by atoms with Crippen molar-refractivity contribution in [2.45, 2.75) is 62.7 Å². The Hall–Kier alpha value is -6.72. The lowest BCUT2D eigenvalue weighted by molar-refractivity contribution is 0.380. The summed E-state index contributed by atoms with van der Waals surface area (Å²) < 4.78 is 0. The molecule has 4 aromatic carbocycles. The molecule has 0 bridgehead atoms. The molecule has 10 rings (SSSR count). The lowest BCUT2D eigenvalue weighted by Gasteiger charge is -2.36. The van der Waals surface area contributed by atoms with Crippen molar-refractivity contribution in [3.05, 3.63) is 209 Å². The summed E-state index contributed by atoms with van der Waals surface area (Å²) in [4.78, 5) is 27.0. The van der Waals surface area contributed by atoms with Crippen LogP contribution in [0.4, 0.5) is 0 Å². The second-order valence-electron chi connectivity index (χ2n) is 17.5.